The minimum Gasteiger partial charge on any atom is -0.378 e. The third kappa shape index (κ3) is 5.97. The summed E-state index contributed by atoms with van der Waals surface area (Å²) in [6.45, 7) is 1.28. The molecule has 2 rings (SSSR count). The van der Waals surface area contributed by atoms with Crippen molar-refractivity contribution in [3.63, 3.8) is 0 Å². The number of hydrogen-bond donors (Lipinski definition) is 2. The van der Waals surface area contributed by atoms with Crippen molar-refractivity contribution < 1.29 is 0 Å². The number of aromatic nitrogens is 1. The van der Waals surface area contributed by atoms with E-state index in [0.29, 0.717) is 23.3 Å². The maximum Gasteiger partial charge on any atom is 0.191 e. The van der Waals surface area contributed by atoms with E-state index in [1.165, 1.54) is 11.3 Å². The van der Waals surface area contributed by atoms with E-state index in [-0.39, 0.29) is 24.0 Å². The molecule has 0 spiro atoms. The van der Waals surface area contributed by atoms with Gasteiger partial charge in [-0.05, 0) is 23.8 Å². The Balaban J connectivity index is 0.00000312. The maximum absolute atomic E-state index is 6.08. The largest absolute Gasteiger partial charge is 0.378 e. The molecule has 2 N–H and O–H groups in total. The average molecular weight is 496 g/mol. The number of rotatable bonds is 5. The van der Waals surface area contributed by atoms with E-state index in [1.807, 2.05) is 31.8 Å². The number of hydrogen-bond acceptors (Lipinski definition) is 2. The summed E-state index contributed by atoms with van der Waals surface area (Å²) in [5.74, 6) is 0.722. The van der Waals surface area contributed by atoms with Crippen molar-refractivity contribution in [3.05, 3.63) is 51.8 Å². The fourth-order valence-electron chi connectivity index (χ4n) is 2.25. The van der Waals surface area contributed by atoms with Crippen LogP contribution in [0.15, 0.2) is 35.3 Å². The van der Waals surface area contributed by atoms with Gasteiger partial charge in [0.05, 0.1) is 11.6 Å². The average Bonchev–Trinajstić information content (AvgIpc) is 2.82. The van der Waals surface area contributed by atoms with Crippen LogP contribution in [0.5, 0.6) is 0 Å². The van der Waals surface area contributed by atoms with Crippen molar-refractivity contribution in [2.75, 3.05) is 26.0 Å². The first kappa shape index (κ1) is 21.9. The Morgan fingerprint density at radius 3 is 2.20 bits per heavy atom. The van der Waals surface area contributed by atoms with Gasteiger partial charge in [0, 0.05) is 46.1 Å². The molecule has 138 valence electrons. The van der Waals surface area contributed by atoms with E-state index in [4.69, 9.17) is 23.2 Å². The predicted molar refractivity (Wildman–Crippen MR) is 119 cm³/mol. The normalized spacial score (nSPS) is 11.0. The highest BCUT2D eigenvalue weighted by Gasteiger charge is 2.09. The number of guanidine groups is 1. The second kappa shape index (κ2) is 10.1. The lowest BCUT2D eigenvalue weighted by Gasteiger charge is -2.14. The van der Waals surface area contributed by atoms with Crippen molar-refractivity contribution in [2.24, 2.45) is 12.0 Å². The summed E-state index contributed by atoms with van der Waals surface area (Å²) in [5, 5.41) is 7.65. The van der Waals surface area contributed by atoms with E-state index in [9.17, 15) is 0 Å². The molecule has 0 radical (unpaired) electrons. The van der Waals surface area contributed by atoms with Gasteiger partial charge in [-0.1, -0.05) is 35.3 Å². The molecular formula is C17H24Cl2IN5. The summed E-state index contributed by atoms with van der Waals surface area (Å²) in [5.41, 5.74) is 3.36. The topological polar surface area (TPSA) is 44.6 Å². The zero-order valence-electron chi connectivity index (χ0n) is 14.8. The van der Waals surface area contributed by atoms with Gasteiger partial charge in [0.15, 0.2) is 5.96 Å². The van der Waals surface area contributed by atoms with Crippen LogP contribution >= 0.6 is 47.2 Å². The van der Waals surface area contributed by atoms with Crippen LogP contribution < -0.4 is 15.5 Å². The molecule has 0 aliphatic rings. The van der Waals surface area contributed by atoms with Gasteiger partial charge in [-0.15, -0.1) is 24.0 Å². The number of nitrogens with one attached hydrogen (secondary N) is 2. The molecule has 0 bridgehead atoms. The molecule has 2 aromatic rings. The molecule has 25 heavy (non-hydrogen) atoms. The Bertz CT molecular complexity index is 711. The Morgan fingerprint density at radius 2 is 1.72 bits per heavy atom. The van der Waals surface area contributed by atoms with Crippen LogP contribution in [0, 0.1) is 0 Å². The minimum absolute atomic E-state index is 0. The van der Waals surface area contributed by atoms with Gasteiger partial charge >= 0.3 is 0 Å². The van der Waals surface area contributed by atoms with Gasteiger partial charge in [0.1, 0.15) is 5.15 Å². The molecule has 0 aliphatic carbocycles. The molecule has 0 amide bonds. The summed E-state index contributed by atoms with van der Waals surface area (Å²) in [4.78, 5) is 6.31. The number of anilines is 1. The number of halogens is 3. The van der Waals surface area contributed by atoms with Crippen molar-refractivity contribution in [2.45, 2.75) is 13.1 Å². The van der Waals surface area contributed by atoms with Crippen LogP contribution in [0.3, 0.4) is 0 Å². The van der Waals surface area contributed by atoms with E-state index in [0.717, 1.165) is 11.7 Å². The standard InChI is InChI=1S/C17H23Cl2N5.HI/c1-20-17(22-11-14-9-15(18)16(19)24(14)4)21-10-12-5-7-13(8-6-12)23(2)3;/h5-9H,10-11H2,1-4H3,(H2,20,21,22);1H. The SMILES string of the molecule is CN=C(NCc1ccc(N(C)C)cc1)NCc1cc(Cl)c(Cl)n1C.I. The van der Waals surface area contributed by atoms with E-state index in [2.05, 4.69) is 44.8 Å². The monoisotopic (exact) mass is 495 g/mol. The summed E-state index contributed by atoms with van der Waals surface area (Å²) < 4.78 is 1.85. The highest BCUT2D eigenvalue weighted by atomic mass is 127. The molecular weight excluding hydrogens is 472 g/mol. The van der Waals surface area contributed by atoms with Crippen LogP contribution in [0.2, 0.25) is 10.2 Å². The third-order valence-corrected chi connectivity index (χ3v) is 4.63. The van der Waals surface area contributed by atoms with E-state index >= 15 is 0 Å². The van der Waals surface area contributed by atoms with Crippen LogP contribution in [0.1, 0.15) is 11.3 Å². The first-order chi connectivity index (χ1) is 11.4. The summed E-state index contributed by atoms with van der Waals surface area (Å²) in [6.07, 6.45) is 0. The fraction of sp³-hybridized carbons (Fsp3) is 0.353. The molecule has 0 atom stereocenters. The lowest BCUT2D eigenvalue weighted by Crippen LogP contribution is -2.36. The van der Waals surface area contributed by atoms with Crippen LogP contribution in [0.4, 0.5) is 5.69 Å². The number of benzene rings is 1. The summed E-state index contributed by atoms with van der Waals surface area (Å²) in [7, 11) is 7.69. The van der Waals surface area contributed by atoms with Gasteiger partial charge in [0.25, 0.3) is 0 Å². The Morgan fingerprint density at radius 1 is 1.12 bits per heavy atom. The third-order valence-electron chi connectivity index (χ3n) is 3.79. The van der Waals surface area contributed by atoms with Crippen molar-refractivity contribution in [3.8, 4) is 0 Å². The molecule has 0 unspecified atom stereocenters. The molecule has 0 fully saturated rings. The molecule has 0 saturated carbocycles. The first-order valence-corrected chi connectivity index (χ1v) is 8.38. The quantitative estimate of drug-likeness (QED) is 0.376. The Hall–Kier alpha value is -1.12. The Kier molecular flexibility index (Phi) is 8.88. The fourth-order valence-corrected chi connectivity index (χ4v) is 2.67. The number of nitrogens with zero attached hydrogens (tertiary/aromatic N) is 3. The van der Waals surface area contributed by atoms with Crippen LogP contribution in [-0.2, 0) is 20.1 Å². The lowest BCUT2D eigenvalue weighted by molar-refractivity contribution is 0.750. The smallest absolute Gasteiger partial charge is 0.191 e. The van der Waals surface area contributed by atoms with Gasteiger partial charge in [0.2, 0.25) is 0 Å². The second-order valence-electron chi connectivity index (χ2n) is 5.67. The summed E-state index contributed by atoms with van der Waals surface area (Å²) >= 11 is 12.1. The van der Waals surface area contributed by atoms with Crippen LogP contribution in [0.25, 0.3) is 0 Å². The van der Waals surface area contributed by atoms with E-state index in [1.54, 1.807) is 7.05 Å². The molecule has 0 saturated heterocycles. The maximum atomic E-state index is 6.08. The van der Waals surface area contributed by atoms with Crippen molar-refractivity contribution in [1.82, 2.24) is 15.2 Å². The highest BCUT2D eigenvalue weighted by molar-refractivity contribution is 14.0. The van der Waals surface area contributed by atoms with Crippen molar-refractivity contribution >= 4 is 58.8 Å². The van der Waals surface area contributed by atoms with Gasteiger partial charge in [-0.2, -0.15) is 0 Å². The molecule has 1 aromatic heterocycles. The molecule has 8 heteroatoms. The first-order valence-electron chi connectivity index (χ1n) is 7.62. The zero-order chi connectivity index (χ0) is 17.7. The molecule has 0 aliphatic heterocycles. The van der Waals surface area contributed by atoms with E-state index < -0.39 is 0 Å². The minimum atomic E-state index is 0. The molecule has 1 heterocycles. The van der Waals surface area contributed by atoms with Gasteiger partial charge < -0.3 is 20.1 Å². The summed E-state index contributed by atoms with van der Waals surface area (Å²) in [6, 6.07) is 10.3. The molecule has 5 nitrogen and oxygen atoms in total. The zero-order valence-corrected chi connectivity index (χ0v) is 18.6. The van der Waals surface area contributed by atoms with Crippen molar-refractivity contribution in [1.29, 1.82) is 0 Å². The second-order valence-corrected chi connectivity index (χ2v) is 6.44. The van der Waals surface area contributed by atoms with Gasteiger partial charge in [-0.25, -0.2) is 0 Å². The Labute approximate surface area is 176 Å². The lowest BCUT2D eigenvalue weighted by atomic mass is 10.2. The van der Waals surface area contributed by atoms with Gasteiger partial charge in [-0.3, -0.25) is 4.99 Å². The predicted octanol–water partition coefficient (Wildman–Crippen LogP) is 3.88. The number of aliphatic imine (C=N–C) groups is 1. The highest BCUT2D eigenvalue weighted by Crippen LogP contribution is 2.24. The molecule has 1 aromatic carbocycles. The van der Waals surface area contributed by atoms with Crippen LogP contribution in [-0.4, -0.2) is 31.7 Å².